The summed E-state index contributed by atoms with van der Waals surface area (Å²) in [5.74, 6) is 0.229. The second-order valence-electron chi connectivity index (χ2n) is 8.29. The molecule has 2 aliphatic heterocycles. The first kappa shape index (κ1) is 16.1. The molecule has 3 unspecified atom stereocenters. The Morgan fingerprint density at radius 1 is 1.32 bits per heavy atom. The zero-order chi connectivity index (χ0) is 17.3. The van der Waals surface area contributed by atoms with Crippen molar-refractivity contribution in [1.82, 2.24) is 10.2 Å². The van der Waals surface area contributed by atoms with Gasteiger partial charge < -0.3 is 14.7 Å². The Kier molecular flexibility index (Phi) is 3.34. The number of benzene rings is 1. The van der Waals surface area contributed by atoms with Gasteiger partial charge in [-0.3, -0.25) is 10.1 Å². The van der Waals surface area contributed by atoms with E-state index in [0.717, 1.165) is 32.2 Å². The summed E-state index contributed by atoms with van der Waals surface area (Å²) < 4.78 is 5.18. The summed E-state index contributed by atoms with van der Waals surface area (Å²) in [5, 5.41) is 12.5. The molecule has 134 valence electrons. The van der Waals surface area contributed by atoms with Gasteiger partial charge in [-0.1, -0.05) is 30.3 Å². The van der Waals surface area contributed by atoms with Crippen molar-refractivity contribution in [3.63, 3.8) is 0 Å². The maximum absolute atomic E-state index is 12.9. The molecular formula is C19H23ClN2O3. The third kappa shape index (κ3) is 2.29. The molecule has 2 heterocycles. The summed E-state index contributed by atoms with van der Waals surface area (Å²) in [4.78, 5) is 14.5. The fraction of sp³-hybridized carbons (Fsp3) is 0.632. The van der Waals surface area contributed by atoms with Gasteiger partial charge in [-0.2, -0.15) is 0 Å². The molecule has 5 rings (SSSR count). The van der Waals surface area contributed by atoms with Gasteiger partial charge in [0.05, 0.1) is 11.5 Å². The van der Waals surface area contributed by atoms with Crippen molar-refractivity contribution in [3.05, 3.63) is 35.9 Å². The predicted molar refractivity (Wildman–Crippen MR) is 93.1 cm³/mol. The summed E-state index contributed by atoms with van der Waals surface area (Å²) in [6.45, 7) is 1.89. The molecule has 0 radical (unpaired) electrons. The summed E-state index contributed by atoms with van der Waals surface area (Å²) >= 11 is 6.92. The Bertz CT molecular complexity index is 708. The Labute approximate surface area is 152 Å². The van der Waals surface area contributed by atoms with E-state index in [1.54, 1.807) is 0 Å². The average molecular weight is 363 g/mol. The number of carbonyl (C=O) groups is 1. The fourth-order valence-electron chi connectivity index (χ4n) is 5.25. The summed E-state index contributed by atoms with van der Waals surface area (Å²) in [5.41, 5.74) is 1.14. The first-order valence-electron chi connectivity index (χ1n) is 9.06. The Morgan fingerprint density at radius 2 is 2.08 bits per heavy atom. The minimum absolute atomic E-state index is 0.0182. The third-order valence-electron chi connectivity index (χ3n) is 6.77. The molecule has 4 aliphatic rings. The molecule has 2 saturated carbocycles. The van der Waals surface area contributed by atoms with Crippen LogP contribution < -0.4 is 5.32 Å². The number of aliphatic hydroxyl groups excluding tert-OH is 1. The Balaban J connectivity index is 1.24. The van der Waals surface area contributed by atoms with Gasteiger partial charge in [0.2, 0.25) is 12.3 Å². The van der Waals surface area contributed by atoms with Crippen LogP contribution in [0.25, 0.3) is 0 Å². The molecule has 1 spiro atoms. The summed E-state index contributed by atoms with van der Waals surface area (Å²) in [6, 6.07) is 10.5. The topological polar surface area (TPSA) is 61.8 Å². The molecule has 1 aromatic carbocycles. The van der Waals surface area contributed by atoms with Gasteiger partial charge in [-0.05, 0) is 31.2 Å². The maximum atomic E-state index is 12.9. The molecule has 0 bridgehead atoms. The SMILES string of the molecule is O=C([C@H]1C[C@]2(COC(O)N2)C1)N1CCC2(c3ccccc3)CC2(Cl)C1. The molecule has 1 amide bonds. The highest BCUT2D eigenvalue weighted by Crippen LogP contribution is 2.66. The van der Waals surface area contributed by atoms with Gasteiger partial charge in [0.15, 0.2) is 0 Å². The lowest BCUT2D eigenvalue weighted by Crippen LogP contribution is -2.60. The summed E-state index contributed by atoms with van der Waals surface area (Å²) in [7, 11) is 0. The lowest BCUT2D eigenvalue weighted by Gasteiger charge is -2.46. The van der Waals surface area contributed by atoms with Crippen LogP contribution in [0, 0.1) is 5.92 Å². The van der Waals surface area contributed by atoms with Crippen LogP contribution in [0.4, 0.5) is 0 Å². The number of ether oxygens (including phenoxy) is 1. The number of rotatable bonds is 2. The van der Waals surface area contributed by atoms with E-state index in [4.69, 9.17) is 16.3 Å². The van der Waals surface area contributed by atoms with Gasteiger partial charge in [0.25, 0.3) is 0 Å². The van der Waals surface area contributed by atoms with Gasteiger partial charge in [0.1, 0.15) is 0 Å². The van der Waals surface area contributed by atoms with Crippen molar-refractivity contribution < 1.29 is 14.6 Å². The molecule has 2 saturated heterocycles. The van der Waals surface area contributed by atoms with Gasteiger partial charge in [-0.25, -0.2) is 0 Å². The van der Waals surface area contributed by atoms with Gasteiger partial charge in [0, 0.05) is 30.0 Å². The highest BCUT2D eigenvalue weighted by molar-refractivity contribution is 6.28. The van der Waals surface area contributed by atoms with Gasteiger partial charge in [-0.15, -0.1) is 11.6 Å². The van der Waals surface area contributed by atoms with Crippen LogP contribution in [-0.4, -0.2) is 52.4 Å². The number of hydrogen-bond acceptors (Lipinski definition) is 4. The minimum Gasteiger partial charge on any atom is -0.356 e. The van der Waals surface area contributed by atoms with E-state index >= 15 is 0 Å². The first-order chi connectivity index (χ1) is 12.0. The second-order valence-corrected chi connectivity index (χ2v) is 9.02. The number of likely N-dealkylation sites (tertiary alicyclic amines) is 1. The number of alkyl halides is 1. The largest absolute Gasteiger partial charge is 0.356 e. The van der Waals surface area contributed by atoms with E-state index in [1.165, 1.54) is 5.56 Å². The lowest BCUT2D eigenvalue weighted by molar-refractivity contribution is -0.142. The smallest absolute Gasteiger partial charge is 0.225 e. The molecule has 3 atom stereocenters. The highest BCUT2D eigenvalue weighted by atomic mass is 35.5. The average Bonchev–Trinajstić information content (AvgIpc) is 3.04. The molecule has 0 aromatic heterocycles. The quantitative estimate of drug-likeness (QED) is 0.784. The number of fused-ring (bicyclic) bond motifs is 1. The van der Waals surface area contributed by atoms with E-state index in [-0.39, 0.29) is 27.7 Å². The van der Waals surface area contributed by atoms with Crippen LogP contribution in [0.1, 0.15) is 31.2 Å². The highest BCUT2D eigenvalue weighted by Gasteiger charge is 2.70. The zero-order valence-electron chi connectivity index (χ0n) is 14.1. The van der Waals surface area contributed by atoms with Crippen molar-refractivity contribution >= 4 is 17.5 Å². The standard InChI is InChI=1S/C19H23ClN2O3/c20-19-10-18(19,14-4-2-1-3-5-14)6-7-22(11-19)15(23)13-8-17(9-13)12-25-16(24)21-17/h1-5,13,16,21,24H,6-12H2/t13-,16?,17+,18?,19?. The van der Waals surface area contributed by atoms with Crippen molar-refractivity contribution in [2.75, 3.05) is 19.7 Å². The lowest BCUT2D eigenvalue weighted by atomic mass is 9.68. The molecule has 2 aliphatic carbocycles. The molecule has 4 fully saturated rings. The predicted octanol–water partition coefficient (Wildman–Crippen LogP) is 1.58. The van der Waals surface area contributed by atoms with E-state index in [9.17, 15) is 9.90 Å². The Hall–Kier alpha value is -1.14. The van der Waals surface area contributed by atoms with E-state index in [0.29, 0.717) is 13.2 Å². The van der Waals surface area contributed by atoms with Gasteiger partial charge >= 0.3 is 0 Å². The second kappa shape index (κ2) is 5.19. The first-order valence-corrected chi connectivity index (χ1v) is 9.44. The molecular weight excluding hydrogens is 340 g/mol. The normalized spacial score (nSPS) is 45.1. The molecule has 1 aromatic rings. The number of hydrogen-bond donors (Lipinski definition) is 2. The van der Waals surface area contributed by atoms with Crippen molar-refractivity contribution in [1.29, 1.82) is 0 Å². The number of aliphatic hydroxyl groups is 1. The molecule has 2 N–H and O–H groups in total. The number of halogens is 1. The van der Waals surface area contributed by atoms with E-state index < -0.39 is 6.41 Å². The minimum atomic E-state index is -0.893. The molecule has 5 nitrogen and oxygen atoms in total. The van der Waals surface area contributed by atoms with Crippen LogP contribution in [0.15, 0.2) is 30.3 Å². The molecule has 6 heteroatoms. The zero-order valence-corrected chi connectivity index (χ0v) is 14.8. The van der Waals surface area contributed by atoms with Crippen LogP contribution in [0.3, 0.4) is 0 Å². The van der Waals surface area contributed by atoms with Crippen molar-refractivity contribution in [2.24, 2.45) is 5.92 Å². The number of carbonyl (C=O) groups excluding carboxylic acids is 1. The summed E-state index contributed by atoms with van der Waals surface area (Å²) in [6.07, 6.45) is 2.46. The monoisotopic (exact) mass is 362 g/mol. The number of nitrogens with zero attached hydrogens (tertiary/aromatic N) is 1. The number of piperidine rings is 1. The van der Waals surface area contributed by atoms with Crippen LogP contribution in [0.2, 0.25) is 0 Å². The van der Waals surface area contributed by atoms with Crippen LogP contribution in [0.5, 0.6) is 0 Å². The van der Waals surface area contributed by atoms with Crippen molar-refractivity contribution in [3.8, 4) is 0 Å². The fourth-order valence-corrected chi connectivity index (χ4v) is 5.82. The number of amides is 1. The Morgan fingerprint density at radius 3 is 2.72 bits per heavy atom. The molecule has 25 heavy (non-hydrogen) atoms. The van der Waals surface area contributed by atoms with Crippen LogP contribution >= 0.6 is 11.6 Å². The van der Waals surface area contributed by atoms with E-state index in [1.807, 2.05) is 11.0 Å². The maximum Gasteiger partial charge on any atom is 0.225 e. The van der Waals surface area contributed by atoms with E-state index in [2.05, 4.69) is 29.6 Å². The third-order valence-corrected chi connectivity index (χ3v) is 7.39. The van der Waals surface area contributed by atoms with Crippen molar-refractivity contribution in [2.45, 2.75) is 47.9 Å². The number of nitrogens with one attached hydrogen (secondary N) is 1. The van der Waals surface area contributed by atoms with Crippen LogP contribution in [-0.2, 0) is 14.9 Å².